The van der Waals surface area contributed by atoms with E-state index < -0.39 is 0 Å². The van der Waals surface area contributed by atoms with Crippen LogP contribution in [0.15, 0.2) is 62.9 Å². The second-order valence-corrected chi connectivity index (χ2v) is 8.46. The van der Waals surface area contributed by atoms with Crippen LogP contribution in [0.4, 0.5) is 0 Å². The smallest absolute Gasteiger partial charge is 0.272 e. The molecule has 1 atom stereocenters. The third-order valence-electron chi connectivity index (χ3n) is 4.40. The Kier molecular flexibility index (Phi) is 6.85. The zero-order valence-corrected chi connectivity index (χ0v) is 17.8. The van der Waals surface area contributed by atoms with Crippen molar-refractivity contribution in [3.05, 3.63) is 58.7 Å². The second-order valence-electron chi connectivity index (χ2n) is 6.48. The summed E-state index contributed by atoms with van der Waals surface area (Å²) in [6.45, 7) is 5.00. The molecule has 1 unspecified atom stereocenters. The summed E-state index contributed by atoms with van der Waals surface area (Å²) >= 11 is 4.90. The van der Waals surface area contributed by atoms with Crippen molar-refractivity contribution in [3.63, 3.8) is 0 Å². The van der Waals surface area contributed by atoms with Gasteiger partial charge in [0.15, 0.2) is 5.69 Å². The normalized spacial score (nSPS) is 12.1. The van der Waals surface area contributed by atoms with Gasteiger partial charge in [0.25, 0.3) is 5.91 Å². The number of nitrogens with zero attached hydrogens (tertiary/aromatic N) is 2. The van der Waals surface area contributed by atoms with E-state index in [0.29, 0.717) is 23.2 Å². The van der Waals surface area contributed by atoms with Crippen LogP contribution in [0, 0.1) is 5.92 Å². The molecule has 0 radical (unpaired) electrons. The van der Waals surface area contributed by atoms with Crippen LogP contribution >= 0.6 is 27.7 Å². The van der Waals surface area contributed by atoms with Gasteiger partial charge in [-0.1, -0.05) is 60.1 Å². The van der Waals surface area contributed by atoms with Gasteiger partial charge >= 0.3 is 0 Å². The minimum Gasteiger partial charge on any atom is -0.351 e. The quantitative estimate of drug-likeness (QED) is 0.507. The van der Waals surface area contributed by atoms with Crippen molar-refractivity contribution in [1.82, 2.24) is 15.3 Å². The average molecular weight is 444 g/mol. The maximum absolute atomic E-state index is 12.8. The molecule has 0 saturated carbocycles. The van der Waals surface area contributed by atoms with E-state index in [9.17, 15) is 4.79 Å². The standard InChI is InChI=1S/C21H22BrN3OS/c1-3-14(2)12-13-23-20(26)19-21(27-16-10-8-15(22)9-11-16)25-18-7-5-4-6-17(18)24-19/h4-11,14H,3,12-13H2,1-2H3,(H,23,26). The third kappa shape index (κ3) is 5.30. The van der Waals surface area contributed by atoms with Gasteiger partial charge in [-0.3, -0.25) is 4.79 Å². The Bertz CT molecular complexity index is 930. The van der Waals surface area contributed by atoms with Crippen molar-refractivity contribution in [2.45, 2.75) is 36.6 Å². The van der Waals surface area contributed by atoms with Crippen LogP contribution in [0.5, 0.6) is 0 Å². The zero-order valence-electron chi connectivity index (χ0n) is 15.4. The summed E-state index contributed by atoms with van der Waals surface area (Å²) < 4.78 is 1.01. The Morgan fingerprint density at radius 2 is 1.78 bits per heavy atom. The fraction of sp³-hybridized carbons (Fsp3) is 0.286. The largest absolute Gasteiger partial charge is 0.351 e. The Morgan fingerprint density at radius 1 is 1.11 bits per heavy atom. The van der Waals surface area contributed by atoms with E-state index in [0.717, 1.165) is 33.2 Å². The van der Waals surface area contributed by atoms with Crippen LogP contribution in [0.25, 0.3) is 11.0 Å². The fourth-order valence-electron chi connectivity index (χ4n) is 2.54. The molecular formula is C21H22BrN3OS. The van der Waals surface area contributed by atoms with E-state index in [2.05, 4.69) is 40.1 Å². The maximum atomic E-state index is 12.8. The van der Waals surface area contributed by atoms with Gasteiger partial charge in [0, 0.05) is 15.9 Å². The molecule has 2 aromatic carbocycles. The molecule has 0 saturated heterocycles. The first-order valence-corrected chi connectivity index (χ1v) is 10.7. The molecule has 1 amide bonds. The van der Waals surface area contributed by atoms with Crippen LogP contribution in [-0.2, 0) is 0 Å². The van der Waals surface area contributed by atoms with Crippen molar-refractivity contribution in [2.24, 2.45) is 5.92 Å². The summed E-state index contributed by atoms with van der Waals surface area (Å²) in [4.78, 5) is 23.1. The first kappa shape index (κ1) is 19.8. The molecule has 1 N–H and O–H groups in total. The molecule has 0 aliphatic rings. The number of halogens is 1. The van der Waals surface area contributed by atoms with Crippen LogP contribution in [-0.4, -0.2) is 22.4 Å². The van der Waals surface area contributed by atoms with E-state index in [1.54, 1.807) is 0 Å². The van der Waals surface area contributed by atoms with Crippen molar-refractivity contribution < 1.29 is 4.79 Å². The highest BCUT2D eigenvalue weighted by molar-refractivity contribution is 9.10. The van der Waals surface area contributed by atoms with E-state index in [-0.39, 0.29) is 5.91 Å². The highest BCUT2D eigenvalue weighted by atomic mass is 79.9. The van der Waals surface area contributed by atoms with E-state index in [1.807, 2.05) is 48.5 Å². The minimum atomic E-state index is -0.170. The summed E-state index contributed by atoms with van der Waals surface area (Å²) in [5, 5.41) is 3.62. The molecule has 3 rings (SSSR count). The van der Waals surface area contributed by atoms with Gasteiger partial charge in [0.1, 0.15) is 5.03 Å². The van der Waals surface area contributed by atoms with Crippen LogP contribution < -0.4 is 5.32 Å². The molecule has 4 nitrogen and oxygen atoms in total. The van der Waals surface area contributed by atoms with Crippen molar-refractivity contribution in [1.29, 1.82) is 0 Å². The fourth-order valence-corrected chi connectivity index (χ4v) is 3.68. The van der Waals surface area contributed by atoms with E-state index in [4.69, 9.17) is 4.98 Å². The molecule has 1 aromatic heterocycles. The molecule has 0 bridgehead atoms. The minimum absolute atomic E-state index is 0.170. The number of fused-ring (bicyclic) bond motifs is 1. The van der Waals surface area contributed by atoms with Gasteiger partial charge in [0.05, 0.1) is 11.0 Å². The first-order valence-electron chi connectivity index (χ1n) is 9.05. The number of hydrogen-bond donors (Lipinski definition) is 1. The molecule has 1 heterocycles. The second kappa shape index (κ2) is 9.33. The molecule has 0 aliphatic heterocycles. The molecule has 6 heteroatoms. The molecule has 3 aromatic rings. The summed E-state index contributed by atoms with van der Waals surface area (Å²) in [5.41, 5.74) is 1.89. The monoisotopic (exact) mass is 443 g/mol. The summed E-state index contributed by atoms with van der Waals surface area (Å²) in [6, 6.07) is 15.6. The Balaban J connectivity index is 1.88. The third-order valence-corrected chi connectivity index (χ3v) is 5.92. The molecular weight excluding hydrogens is 422 g/mol. The van der Waals surface area contributed by atoms with E-state index >= 15 is 0 Å². The number of carbonyl (C=O) groups is 1. The molecule has 27 heavy (non-hydrogen) atoms. The topological polar surface area (TPSA) is 54.9 Å². The van der Waals surface area contributed by atoms with E-state index in [1.165, 1.54) is 11.8 Å². The van der Waals surface area contributed by atoms with Gasteiger partial charge in [0.2, 0.25) is 0 Å². The zero-order chi connectivity index (χ0) is 19.2. The van der Waals surface area contributed by atoms with Crippen LogP contribution in [0.1, 0.15) is 37.2 Å². The van der Waals surface area contributed by atoms with Gasteiger partial charge in [-0.2, -0.15) is 0 Å². The summed E-state index contributed by atoms with van der Waals surface area (Å²) in [5.74, 6) is 0.417. The lowest BCUT2D eigenvalue weighted by atomic mass is 10.1. The highest BCUT2D eigenvalue weighted by Crippen LogP contribution is 2.30. The number of nitrogens with one attached hydrogen (secondary N) is 1. The molecule has 0 spiro atoms. The lowest BCUT2D eigenvalue weighted by molar-refractivity contribution is 0.0943. The summed E-state index contributed by atoms with van der Waals surface area (Å²) in [7, 11) is 0. The van der Waals surface area contributed by atoms with Crippen LogP contribution in [0.2, 0.25) is 0 Å². The van der Waals surface area contributed by atoms with Gasteiger partial charge in [-0.05, 0) is 48.7 Å². The lowest BCUT2D eigenvalue weighted by Gasteiger charge is -2.12. The number of aromatic nitrogens is 2. The number of benzene rings is 2. The Labute approximate surface area is 172 Å². The number of para-hydroxylation sites is 2. The summed E-state index contributed by atoms with van der Waals surface area (Å²) in [6.07, 6.45) is 2.06. The predicted molar refractivity (Wildman–Crippen MR) is 114 cm³/mol. The number of amides is 1. The number of hydrogen-bond acceptors (Lipinski definition) is 4. The van der Waals surface area contributed by atoms with Gasteiger partial charge in [-0.15, -0.1) is 0 Å². The molecule has 140 valence electrons. The average Bonchev–Trinajstić information content (AvgIpc) is 2.69. The molecule has 0 fully saturated rings. The Hall–Kier alpha value is -1.92. The number of carbonyl (C=O) groups excluding carboxylic acids is 1. The van der Waals surface area contributed by atoms with Crippen molar-refractivity contribution >= 4 is 44.6 Å². The SMILES string of the molecule is CCC(C)CCNC(=O)c1nc2ccccc2nc1Sc1ccc(Br)cc1. The Morgan fingerprint density at radius 3 is 2.44 bits per heavy atom. The highest BCUT2D eigenvalue weighted by Gasteiger charge is 2.17. The first-order chi connectivity index (χ1) is 13.1. The van der Waals surface area contributed by atoms with Gasteiger partial charge in [-0.25, -0.2) is 9.97 Å². The van der Waals surface area contributed by atoms with Crippen LogP contribution in [0.3, 0.4) is 0 Å². The number of rotatable bonds is 7. The van der Waals surface area contributed by atoms with Gasteiger partial charge < -0.3 is 5.32 Å². The predicted octanol–water partition coefficient (Wildman–Crippen LogP) is 5.71. The van der Waals surface area contributed by atoms with Crippen molar-refractivity contribution in [3.8, 4) is 0 Å². The van der Waals surface area contributed by atoms with Crippen molar-refractivity contribution in [2.75, 3.05) is 6.54 Å². The lowest BCUT2D eigenvalue weighted by Crippen LogP contribution is -2.27. The molecule has 0 aliphatic carbocycles. The maximum Gasteiger partial charge on any atom is 0.272 e.